The molecular formula is C16H19N3O5. The summed E-state index contributed by atoms with van der Waals surface area (Å²) in [6, 6.07) is 2.88. The molecular weight excluding hydrogens is 314 g/mol. The summed E-state index contributed by atoms with van der Waals surface area (Å²) in [4.78, 5) is 36.3. The molecule has 0 aromatic heterocycles. The van der Waals surface area contributed by atoms with Gasteiger partial charge in [-0.15, -0.1) is 0 Å². The number of nitro groups is 1. The van der Waals surface area contributed by atoms with E-state index >= 15 is 0 Å². The summed E-state index contributed by atoms with van der Waals surface area (Å²) >= 11 is 0. The van der Waals surface area contributed by atoms with Gasteiger partial charge in [-0.05, 0) is 37.3 Å². The van der Waals surface area contributed by atoms with Crippen molar-refractivity contribution < 1.29 is 19.6 Å². The quantitative estimate of drug-likeness (QED) is 0.495. The number of carbonyl (C=O) groups is 2. The van der Waals surface area contributed by atoms with Gasteiger partial charge in [0.05, 0.1) is 4.92 Å². The molecule has 0 radical (unpaired) electrons. The van der Waals surface area contributed by atoms with E-state index in [4.69, 9.17) is 5.73 Å². The first-order valence-corrected chi connectivity index (χ1v) is 7.99. The molecule has 1 heterocycles. The largest absolute Gasteiger partial charge is 0.480 e. The van der Waals surface area contributed by atoms with Gasteiger partial charge in [0.15, 0.2) is 0 Å². The summed E-state index contributed by atoms with van der Waals surface area (Å²) in [6.45, 7) is 0. The second kappa shape index (κ2) is 6.10. The number of nitrogen functional groups attached to an aromatic ring is 1. The summed E-state index contributed by atoms with van der Waals surface area (Å²) < 4.78 is 0. The first kappa shape index (κ1) is 16.2. The third kappa shape index (κ3) is 2.68. The number of hydrogen-bond donors (Lipinski definition) is 2. The van der Waals surface area contributed by atoms with Crippen molar-refractivity contribution in [2.75, 3.05) is 5.73 Å². The Labute approximate surface area is 138 Å². The summed E-state index contributed by atoms with van der Waals surface area (Å²) in [5.74, 6) is -1.31. The maximum atomic E-state index is 12.9. The number of carbonyl (C=O) groups excluding carboxylic acids is 1. The van der Waals surface area contributed by atoms with E-state index in [1.165, 1.54) is 17.0 Å². The van der Waals surface area contributed by atoms with Crippen LogP contribution in [0.25, 0.3) is 0 Å². The Morgan fingerprint density at radius 3 is 2.67 bits per heavy atom. The average Bonchev–Trinajstić information content (AvgIpc) is 2.94. The van der Waals surface area contributed by atoms with E-state index in [9.17, 15) is 24.8 Å². The number of rotatable bonds is 3. The van der Waals surface area contributed by atoms with Crippen LogP contribution in [0.2, 0.25) is 0 Å². The number of carboxylic acid groups (broad SMARTS) is 1. The van der Waals surface area contributed by atoms with Gasteiger partial charge in [0.25, 0.3) is 11.6 Å². The van der Waals surface area contributed by atoms with Crippen LogP contribution < -0.4 is 5.73 Å². The highest BCUT2D eigenvalue weighted by atomic mass is 16.6. The number of nitrogens with two attached hydrogens (primary N) is 1. The number of nitro benzene ring substituents is 1. The average molecular weight is 333 g/mol. The highest BCUT2D eigenvalue weighted by molar-refractivity contribution is 5.98. The number of fused-ring (bicyclic) bond motifs is 1. The molecule has 3 rings (SSSR count). The zero-order chi connectivity index (χ0) is 17.4. The van der Waals surface area contributed by atoms with Gasteiger partial charge in [-0.3, -0.25) is 14.9 Å². The first-order chi connectivity index (χ1) is 11.4. The number of nitrogens with zero attached hydrogens (tertiary/aromatic N) is 2. The minimum absolute atomic E-state index is 0.0247. The van der Waals surface area contributed by atoms with Gasteiger partial charge >= 0.3 is 5.97 Å². The molecule has 1 aromatic carbocycles. The van der Waals surface area contributed by atoms with Crippen LogP contribution in [0.4, 0.5) is 11.4 Å². The van der Waals surface area contributed by atoms with E-state index in [0.29, 0.717) is 6.42 Å². The zero-order valence-electron chi connectivity index (χ0n) is 13.1. The molecule has 0 spiro atoms. The summed E-state index contributed by atoms with van der Waals surface area (Å²) in [6.07, 6.45) is 4.14. The fourth-order valence-electron chi connectivity index (χ4n) is 3.96. The van der Waals surface area contributed by atoms with Crippen molar-refractivity contribution in [2.24, 2.45) is 5.92 Å². The monoisotopic (exact) mass is 333 g/mol. The number of amides is 1. The lowest BCUT2D eigenvalue weighted by Gasteiger charge is -2.33. The number of anilines is 1. The minimum Gasteiger partial charge on any atom is -0.480 e. The molecule has 2 aliphatic rings. The minimum atomic E-state index is -1.03. The van der Waals surface area contributed by atoms with Crippen molar-refractivity contribution in [3.63, 3.8) is 0 Å². The van der Waals surface area contributed by atoms with E-state index in [-0.39, 0.29) is 28.9 Å². The van der Waals surface area contributed by atoms with Crippen molar-refractivity contribution in [3.8, 4) is 0 Å². The van der Waals surface area contributed by atoms with E-state index < -0.39 is 22.8 Å². The van der Waals surface area contributed by atoms with Crippen LogP contribution in [-0.4, -0.2) is 38.9 Å². The Balaban J connectivity index is 1.96. The molecule has 3 unspecified atom stereocenters. The highest BCUT2D eigenvalue weighted by Gasteiger charge is 2.47. The molecule has 1 amide bonds. The van der Waals surface area contributed by atoms with Gasteiger partial charge in [0, 0.05) is 17.7 Å². The lowest BCUT2D eigenvalue weighted by atomic mass is 9.84. The molecule has 8 heteroatoms. The predicted molar refractivity (Wildman–Crippen MR) is 85.5 cm³/mol. The molecule has 2 fully saturated rings. The smallest absolute Gasteiger partial charge is 0.326 e. The van der Waals surface area contributed by atoms with E-state index in [2.05, 4.69) is 0 Å². The number of benzene rings is 1. The maximum absolute atomic E-state index is 12.9. The molecule has 24 heavy (non-hydrogen) atoms. The maximum Gasteiger partial charge on any atom is 0.326 e. The topological polar surface area (TPSA) is 127 Å². The SMILES string of the molecule is Nc1ccc(C(=O)N2C(C(=O)O)CC3CCCCC32)cc1[N+](=O)[O-]. The lowest BCUT2D eigenvalue weighted by molar-refractivity contribution is -0.383. The van der Waals surface area contributed by atoms with Crippen LogP contribution in [0, 0.1) is 16.0 Å². The highest BCUT2D eigenvalue weighted by Crippen LogP contribution is 2.40. The van der Waals surface area contributed by atoms with Gasteiger partial charge in [0.2, 0.25) is 0 Å². The summed E-state index contributed by atoms with van der Waals surface area (Å²) in [5, 5.41) is 20.5. The molecule has 1 aliphatic carbocycles. The van der Waals surface area contributed by atoms with Gasteiger partial charge in [-0.2, -0.15) is 0 Å². The Bertz CT molecular complexity index is 705. The van der Waals surface area contributed by atoms with E-state index in [1.54, 1.807) is 0 Å². The molecule has 128 valence electrons. The van der Waals surface area contributed by atoms with Crippen molar-refractivity contribution in [2.45, 2.75) is 44.2 Å². The van der Waals surface area contributed by atoms with E-state index in [0.717, 1.165) is 31.7 Å². The Morgan fingerprint density at radius 2 is 2.00 bits per heavy atom. The number of hydrogen-bond acceptors (Lipinski definition) is 5. The zero-order valence-corrected chi connectivity index (χ0v) is 13.1. The fourth-order valence-corrected chi connectivity index (χ4v) is 3.96. The predicted octanol–water partition coefficient (Wildman–Crippen LogP) is 2.03. The van der Waals surface area contributed by atoms with E-state index in [1.807, 2.05) is 0 Å². The second-order valence-corrected chi connectivity index (χ2v) is 6.44. The molecule has 1 saturated heterocycles. The van der Waals surface area contributed by atoms with Gasteiger partial charge in [0.1, 0.15) is 11.7 Å². The summed E-state index contributed by atoms with van der Waals surface area (Å²) in [7, 11) is 0. The van der Waals surface area contributed by atoms with Crippen molar-refractivity contribution in [1.29, 1.82) is 0 Å². The third-order valence-corrected chi connectivity index (χ3v) is 5.08. The van der Waals surface area contributed by atoms with Crippen LogP contribution in [-0.2, 0) is 4.79 Å². The van der Waals surface area contributed by atoms with Gasteiger partial charge < -0.3 is 15.7 Å². The van der Waals surface area contributed by atoms with Crippen molar-refractivity contribution >= 4 is 23.3 Å². The number of aliphatic carboxylic acids is 1. The standard InChI is InChI=1S/C16H19N3O5/c17-11-6-5-10(8-13(11)19(23)24)15(20)18-12-4-2-1-3-9(12)7-14(18)16(21)22/h5-6,8-9,12,14H,1-4,7,17H2,(H,21,22). The molecule has 1 aliphatic heterocycles. The van der Waals surface area contributed by atoms with Crippen LogP contribution >= 0.6 is 0 Å². The van der Waals surface area contributed by atoms with Crippen LogP contribution in [0.5, 0.6) is 0 Å². The van der Waals surface area contributed by atoms with Crippen LogP contribution in [0.1, 0.15) is 42.5 Å². The van der Waals surface area contributed by atoms with Gasteiger partial charge in [-0.1, -0.05) is 12.8 Å². The lowest BCUT2D eigenvalue weighted by Crippen LogP contribution is -2.46. The molecule has 1 saturated carbocycles. The molecule has 0 bridgehead atoms. The Morgan fingerprint density at radius 1 is 1.29 bits per heavy atom. The molecule has 3 N–H and O–H groups in total. The number of likely N-dealkylation sites (tertiary alicyclic amines) is 1. The van der Waals surface area contributed by atoms with Crippen molar-refractivity contribution in [1.82, 2.24) is 4.90 Å². The third-order valence-electron chi connectivity index (χ3n) is 5.08. The van der Waals surface area contributed by atoms with Crippen molar-refractivity contribution in [3.05, 3.63) is 33.9 Å². The number of carboxylic acids is 1. The fraction of sp³-hybridized carbons (Fsp3) is 0.500. The first-order valence-electron chi connectivity index (χ1n) is 7.99. The second-order valence-electron chi connectivity index (χ2n) is 6.44. The van der Waals surface area contributed by atoms with Crippen LogP contribution in [0.15, 0.2) is 18.2 Å². The summed E-state index contributed by atoms with van der Waals surface area (Å²) in [5.41, 5.74) is 5.30. The Kier molecular flexibility index (Phi) is 4.13. The molecule has 8 nitrogen and oxygen atoms in total. The normalized spacial score (nSPS) is 26.0. The molecule has 1 aromatic rings. The molecule has 3 atom stereocenters. The Hall–Kier alpha value is -2.64. The van der Waals surface area contributed by atoms with Crippen LogP contribution in [0.3, 0.4) is 0 Å². The van der Waals surface area contributed by atoms with Gasteiger partial charge in [-0.25, -0.2) is 4.79 Å².